The first-order valence-corrected chi connectivity index (χ1v) is 12.2. The standard InChI is InChI=1S/C27H24N4O3S/c1-34-21-14-12-20(13-15-21)30-25(32)17-24(26(30)33)35-27(28)31-23(19-10-6-3-7-11-19)16-22(29-31)18-8-4-2-5-9-18/h2-15,23-24,28H,16-17H2,1H3/t23-,24-/m0/s1. The molecule has 0 aliphatic carbocycles. The Labute approximate surface area is 207 Å². The fourth-order valence-electron chi connectivity index (χ4n) is 4.32. The normalized spacial score (nSPS) is 19.7. The number of carbonyl (C=O) groups is 2. The lowest BCUT2D eigenvalue weighted by Gasteiger charge is -2.24. The van der Waals surface area contributed by atoms with Crippen molar-refractivity contribution in [3.05, 3.63) is 96.1 Å². The molecule has 3 aromatic carbocycles. The largest absolute Gasteiger partial charge is 0.497 e. The zero-order valence-electron chi connectivity index (χ0n) is 19.1. The average Bonchev–Trinajstić information content (AvgIpc) is 3.46. The molecule has 0 radical (unpaired) electrons. The van der Waals surface area contributed by atoms with Gasteiger partial charge in [0, 0.05) is 12.8 Å². The van der Waals surface area contributed by atoms with E-state index in [0.717, 1.165) is 28.6 Å². The maximum absolute atomic E-state index is 13.2. The number of ether oxygens (including phenoxy) is 1. The first-order valence-electron chi connectivity index (χ1n) is 11.3. The molecule has 2 aliphatic rings. The zero-order chi connectivity index (χ0) is 24.4. The number of carbonyl (C=O) groups excluding carboxylic acids is 2. The third-order valence-electron chi connectivity index (χ3n) is 6.10. The van der Waals surface area contributed by atoms with Crippen LogP contribution in [0.3, 0.4) is 0 Å². The van der Waals surface area contributed by atoms with Crippen LogP contribution < -0.4 is 9.64 Å². The van der Waals surface area contributed by atoms with Crippen molar-refractivity contribution < 1.29 is 14.3 Å². The van der Waals surface area contributed by atoms with Gasteiger partial charge in [-0.15, -0.1) is 0 Å². The van der Waals surface area contributed by atoms with E-state index in [2.05, 4.69) is 0 Å². The van der Waals surface area contributed by atoms with Crippen molar-refractivity contribution in [2.75, 3.05) is 12.0 Å². The number of methoxy groups -OCH3 is 1. The van der Waals surface area contributed by atoms with E-state index in [0.29, 0.717) is 17.9 Å². The van der Waals surface area contributed by atoms with Crippen LogP contribution in [0.1, 0.15) is 30.0 Å². The van der Waals surface area contributed by atoms with Gasteiger partial charge in [-0.05, 0) is 35.4 Å². The summed E-state index contributed by atoms with van der Waals surface area (Å²) in [5, 5.41) is 14.8. The number of anilines is 1. The molecule has 1 saturated heterocycles. The molecule has 0 spiro atoms. The Bertz CT molecular complexity index is 1280. The van der Waals surface area contributed by atoms with Gasteiger partial charge in [-0.2, -0.15) is 5.10 Å². The Morgan fingerprint density at radius 3 is 2.26 bits per heavy atom. The summed E-state index contributed by atoms with van der Waals surface area (Å²) >= 11 is 1.08. The number of imide groups is 1. The van der Waals surface area contributed by atoms with Crippen molar-refractivity contribution in [2.45, 2.75) is 24.1 Å². The third-order valence-corrected chi connectivity index (χ3v) is 7.16. The van der Waals surface area contributed by atoms with E-state index in [-0.39, 0.29) is 29.4 Å². The molecule has 5 rings (SSSR count). The molecule has 1 fully saturated rings. The second-order valence-corrected chi connectivity index (χ2v) is 9.46. The summed E-state index contributed by atoms with van der Waals surface area (Å²) in [5.74, 6) is 0.0474. The number of hydrogen-bond acceptors (Lipinski definition) is 6. The van der Waals surface area contributed by atoms with Crippen molar-refractivity contribution in [1.82, 2.24) is 5.01 Å². The quantitative estimate of drug-likeness (QED) is 0.318. The maximum Gasteiger partial charge on any atom is 0.247 e. The van der Waals surface area contributed by atoms with Crippen molar-refractivity contribution >= 4 is 40.1 Å². The molecule has 0 bridgehead atoms. The van der Waals surface area contributed by atoms with E-state index in [9.17, 15) is 9.59 Å². The van der Waals surface area contributed by atoms with Gasteiger partial charge in [0.15, 0.2) is 5.17 Å². The number of nitrogens with zero attached hydrogens (tertiary/aromatic N) is 3. The van der Waals surface area contributed by atoms with Crippen molar-refractivity contribution in [1.29, 1.82) is 5.41 Å². The summed E-state index contributed by atoms with van der Waals surface area (Å²) in [5.41, 5.74) is 3.44. The Morgan fingerprint density at radius 1 is 0.943 bits per heavy atom. The van der Waals surface area contributed by atoms with Crippen molar-refractivity contribution in [3.8, 4) is 5.75 Å². The van der Waals surface area contributed by atoms with Crippen LogP contribution in [-0.2, 0) is 9.59 Å². The maximum atomic E-state index is 13.2. The molecule has 2 amide bonds. The van der Waals surface area contributed by atoms with E-state index in [1.54, 1.807) is 36.4 Å². The van der Waals surface area contributed by atoms with Gasteiger partial charge in [0.1, 0.15) is 11.0 Å². The molecule has 176 valence electrons. The average molecular weight is 485 g/mol. The van der Waals surface area contributed by atoms with Crippen LogP contribution in [0.4, 0.5) is 5.69 Å². The number of nitrogens with one attached hydrogen (secondary N) is 1. The van der Waals surface area contributed by atoms with Crippen LogP contribution in [0.5, 0.6) is 5.75 Å². The first kappa shape index (κ1) is 22.9. The highest BCUT2D eigenvalue weighted by atomic mass is 32.2. The second-order valence-electron chi connectivity index (χ2n) is 8.27. The van der Waals surface area contributed by atoms with E-state index in [1.165, 1.54) is 4.90 Å². The highest BCUT2D eigenvalue weighted by Crippen LogP contribution is 2.37. The molecule has 8 heteroatoms. The molecule has 0 aromatic heterocycles. The lowest BCUT2D eigenvalue weighted by molar-refractivity contribution is -0.121. The molecule has 35 heavy (non-hydrogen) atoms. The molecule has 2 atom stereocenters. The summed E-state index contributed by atoms with van der Waals surface area (Å²) < 4.78 is 5.16. The number of rotatable bonds is 5. The Kier molecular flexibility index (Phi) is 6.37. The monoisotopic (exact) mass is 484 g/mol. The lowest BCUT2D eigenvalue weighted by Crippen LogP contribution is -2.32. The summed E-state index contributed by atoms with van der Waals surface area (Å²) in [6.07, 6.45) is 0.684. The third kappa shape index (κ3) is 4.57. The molecule has 0 unspecified atom stereocenters. The van der Waals surface area contributed by atoms with E-state index < -0.39 is 5.25 Å². The number of thioether (sulfide) groups is 1. The highest BCUT2D eigenvalue weighted by molar-refractivity contribution is 8.14. The van der Waals surface area contributed by atoms with Gasteiger partial charge in [-0.3, -0.25) is 15.0 Å². The minimum atomic E-state index is -0.676. The molecular formula is C27H24N4O3S. The molecule has 1 N–H and O–H groups in total. The van der Waals surface area contributed by atoms with Crippen LogP contribution in [-0.4, -0.2) is 40.1 Å². The summed E-state index contributed by atoms with van der Waals surface area (Å²) in [6, 6.07) is 26.5. The Morgan fingerprint density at radius 2 is 1.60 bits per heavy atom. The molecule has 2 heterocycles. The van der Waals surface area contributed by atoms with Crippen LogP contribution in [0.25, 0.3) is 0 Å². The minimum absolute atomic E-state index is 0.0387. The van der Waals surface area contributed by atoms with Gasteiger partial charge in [0.25, 0.3) is 0 Å². The van der Waals surface area contributed by atoms with Gasteiger partial charge >= 0.3 is 0 Å². The first-order chi connectivity index (χ1) is 17.0. The number of benzene rings is 3. The number of amides is 2. The molecule has 7 nitrogen and oxygen atoms in total. The topological polar surface area (TPSA) is 86.1 Å². The van der Waals surface area contributed by atoms with Gasteiger partial charge < -0.3 is 4.74 Å². The van der Waals surface area contributed by atoms with E-state index in [1.807, 2.05) is 60.7 Å². The summed E-state index contributed by atoms with van der Waals surface area (Å²) in [6.45, 7) is 0. The SMILES string of the molecule is COc1ccc(N2C(=O)C[C@H](SC(=N)N3N=C(c4ccccc4)C[C@H]3c3ccccc3)C2=O)cc1. The molecule has 3 aromatic rings. The van der Waals surface area contributed by atoms with Crippen LogP contribution in [0.15, 0.2) is 90.0 Å². The molecule has 2 aliphatic heterocycles. The van der Waals surface area contributed by atoms with E-state index in [4.69, 9.17) is 15.2 Å². The van der Waals surface area contributed by atoms with Gasteiger partial charge in [-0.1, -0.05) is 72.4 Å². The fourth-order valence-corrected chi connectivity index (χ4v) is 5.30. The van der Waals surface area contributed by atoms with Crippen LogP contribution in [0, 0.1) is 5.41 Å². The van der Waals surface area contributed by atoms with Crippen LogP contribution >= 0.6 is 11.8 Å². The highest BCUT2D eigenvalue weighted by Gasteiger charge is 2.42. The minimum Gasteiger partial charge on any atom is -0.497 e. The smallest absolute Gasteiger partial charge is 0.247 e. The number of hydrazone groups is 1. The van der Waals surface area contributed by atoms with E-state index >= 15 is 0 Å². The van der Waals surface area contributed by atoms with Gasteiger partial charge in [0.05, 0.1) is 24.6 Å². The zero-order valence-corrected chi connectivity index (χ0v) is 19.9. The van der Waals surface area contributed by atoms with Gasteiger partial charge in [0.2, 0.25) is 11.8 Å². The van der Waals surface area contributed by atoms with Gasteiger partial charge in [-0.25, -0.2) is 9.91 Å². The lowest BCUT2D eigenvalue weighted by atomic mass is 9.99. The van der Waals surface area contributed by atoms with Crippen LogP contribution in [0.2, 0.25) is 0 Å². The summed E-state index contributed by atoms with van der Waals surface area (Å²) in [4.78, 5) is 27.1. The van der Waals surface area contributed by atoms with Crippen molar-refractivity contribution in [2.24, 2.45) is 5.10 Å². The predicted octanol–water partition coefficient (Wildman–Crippen LogP) is 4.85. The Hall–Kier alpha value is -3.91. The predicted molar refractivity (Wildman–Crippen MR) is 138 cm³/mol. The number of amidine groups is 1. The second kappa shape index (κ2) is 9.76. The molecule has 0 saturated carbocycles. The summed E-state index contributed by atoms with van der Waals surface area (Å²) in [7, 11) is 1.56. The Balaban J connectivity index is 1.37. The number of hydrogen-bond donors (Lipinski definition) is 1. The fraction of sp³-hybridized carbons (Fsp3) is 0.185. The van der Waals surface area contributed by atoms with Crippen molar-refractivity contribution in [3.63, 3.8) is 0 Å². The molecular weight excluding hydrogens is 460 g/mol.